The SMILES string of the molecule is CC(C)CN(Cc1cccc([N+](=O)[O-])c1NN)CC(C)C. The van der Waals surface area contributed by atoms with E-state index in [-0.39, 0.29) is 5.69 Å². The first-order valence-corrected chi connectivity index (χ1v) is 7.30. The largest absolute Gasteiger partial charge is 0.318 e. The molecule has 0 fully saturated rings. The first-order valence-electron chi connectivity index (χ1n) is 7.30. The molecule has 0 spiro atoms. The van der Waals surface area contributed by atoms with E-state index in [4.69, 9.17) is 5.84 Å². The fraction of sp³-hybridized carbons (Fsp3) is 0.600. The Morgan fingerprint density at radius 2 is 1.81 bits per heavy atom. The number of nitrogens with one attached hydrogen (secondary N) is 1. The molecular weight excluding hydrogens is 268 g/mol. The molecule has 0 saturated carbocycles. The summed E-state index contributed by atoms with van der Waals surface area (Å²) in [5.41, 5.74) is 3.76. The Balaban J connectivity index is 3.02. The van der Waals surface area contributed by atoms with Crippen molar-refractivity contribution >= 4 is 11.4 Å². The Labute approximate surface area is 126 Å². The number of nitrogens with two attached hydrogens (primary N) is 1. The number of hydrogen-bond acceptors (Lipinski definition) is 5. The van der Waals surface area contributed by atoms with Gasteiger partial charge in [0, 0.05) is 25.7 Å². The summed E-state index contributed by atoms with van der Waals surface area (Å²) in [6, 6.07) is 5.06. The van der Waals surface area contributed by atoms with Crippen molar-refractivity contribution in [3.63, 3.8) is 0 Å². The standard InChI is InChI=1S/C15H26N4O2/c1-11(2)8-18(9-12(3)4)10-13-6-5-7-14(19(20)21)15(13)17-16/h5-7,11-12,17H,8-10,16H2,1-4H3. The molecule has 0 bridgehead atoms. The maximum Gasteiger partial charge on any atom is 0.293 e. The molecule has 0 aromatic heterocycles. The molecule has 0 radical (unpaired) electrons. The molecule has 21 heavy (non-hydrogen) atoms. The summed E-state index contributed by atoms with van der Waals surface area (Å²) in [4.78, 5) is 13.0. The van der Waals surface area contributed by atoms with Crippen molar-refractivity contribution in [3.8, 4) is 0 Å². The summed E-state index contributed by atoms with van der Waals surface area (Å²) in [7, 11) is 0. The molecular formula is C15H26N4O2. The van der Waals surface area contributed by atoms with Gasteiger partial charge in [-0.3, -0.25) is 20.9 Å². The second-order valence-corrected chi connectivity index (χ2v) is 6.19. The van der Waals surface area contributed by atoms with Crippen LogP contribution in [0.15, 0.2) is 18.2 Å². The number of anilines is 1. The molecule has 1 rings (SSSR count). The molecule has 0 aliphatic carbocycles. The molecule has 0 heterocycles. The molecule has 6 nitrogen and oxygen atoms in total. The lowest BCUT2D eigenvalue weighted by atomic mass is 10.1. The average Bonchev–Trinajstić information content (AvgIpc) is 2.36. The van der Waals surface area contributed by atoms with Gasteiger partial charge >= 0.3 is 0 Å². The molecule has 1 aromatic rings. The van der Waals surface area contributed by atoms with Crippen LogP contribution in [-0.2, 0) is 6.54 Å². The molecule has 3 N–H and O–H groups in total. The van der Waals surface area contributed by atoms with Crippen LogP contribution >= 0.6 is 0 Å². The van der Waals surface area contributed by atoms with E-state index < -0.39 is 4.92 Å². The van der Waals surface area contributed by atoms with E-state index in [0.29, 0.717) is 24.1 Å². The van der Waals surface area contributed by atoms with Crippen molar-refractivity contribution in [3.05, 3.63) is 33.9 Å². The molecule has 0 atom stereocenters. The van der Waals surface area contributed by atoms with Crippen LogP contribution in [0.4, 0.5) is 11.4 Å². The minimum absolute atomic E-state index is 0.0176. The van der Waals surface area contributed by atoms with Crippen LogP contribution in [0.2, 0.25) is 0 Å². The van der Waals surface area contributed by atoms with E-state index in [2.05, 4.69) is 38.0 Å². The molecule has 0 aliphatic rings. The van der Waals surface area contributed by atoms with E-state index in [1.807, 2.05) is 6.07 Å². The van der Waals surface area contributed by atoms with E-state index in [1.54, 1.807) is 6.07 Å². The lowest BCUT2D eigenvalue weighted by Gasteiger charge is -2.26. The van der Waals surface area contributed by atoms with Crippen LogP contribution in [0.25, 0.3) is 0 Å². The van der Waals surface area contributed by atoms with Gasteiger partial charge in [0.2, 0.25) is 0 Å². The van der Waals surface area contributed by atoms with Gasteiger partial charge < -0.3 is 5.43 Å². The van der Waals surface area contributed by atoms with E-state index in [0.717, 1.165) is 18.7 Å². The predicted octanol–water partition coefficient (Wildman–Crippen LogP) is 2.99. The molecule has 118 valence electrons. The first kappa shape index (κ1) is 17.4. The van der Waals surface area contributed by atoms with E-state index in [9.17, 15) is 10.1 Å². The number of para-hydroxylation sites is 1. The zero-order valence-electron chi connectivity index (χ0n) is 13.3. The Morgan fingerprint density at radius 1 is 1.24 bits per heavy atom. The highest BCUT2D eigenvalue weighted by molar-refractivity contribution is 5.65. The van der Waals surface area contributed by atoms with Gasteiger partial charge in [0.05, 0.1) is 4.92 Å². The van der Waals surface area contributed by atoms with E-state index >= 15 is 0 Å². The van der Waals surface area contributed by atoms with Gasteiger partial charge in [-0.1, -0.05) is 39.8 Å². The summed E-state index contributed by atoms with van der Waals surface area (Å²) in [5, 5.41) is 11.1. The van der Waals surface area contributed by atoms with Crippen molar-refractivity contribution in [2.45, 2.75) is 34.2 Å². The van der Waals surface area contributed by atoms with Crippen LogP contribution in [-0.4, -0.2) is 22.9 Å². The molecule has 1 aromatic carbocycles. The van der Waals surface area contributed by atoms with Crippen molar-refractivity contribution < 1.29 is 4.92 Å². The number of hydrazine groups is 1. The second kappa shape index (κ2) is 7.95. The highest BCUT2D eigenvalue weighted by atomic mass is 16.6. The highest BCUT2D eigenvalue weighted by Crippen LogP contribution is 2.28. The zero-order valence-corrected chi connectivity index (χ0v) is 13.3. The Morgan fingerprint density at radius 3 is 2.24 bits per heavy atom. The number of nitrogen functional groups attached to an aromatic ring is 1. The number of nitro groups is 1. The van der Waals surface area contributed by atoms with Gasteiger partial charge in [-0.15, -0.1) is 0 Å². The lowest BCUT2D eigenvalue weighted by Crippen LogP contribution is -2.31. The Kier molecular flexibility index (Phi) is 6.58. The minimum atomic E-state index is -0.409. The predicted molar refractivity (Wildman–Crippen MR) is 85.9 cm³/mol. The molecule has 0 unspecified atom stereocenters. The van der Waals surface area contributed by atoms with Gasteiger partial charge in [0.15, 0.2) is 0 Å². The van der Waals surface area contributed by atoms with Crippen LogP contribution in [0, 0.1) is 22.0 Å². The molecule has 0 aliphatic heterocycles. The highest BCUT2D eigenvalue weighted by Gasteiger charge is 2.19. The fourth-order valence-electron chi connectivity index (χ4n) is 2.51. The third-order valence-electron chi connectivity index (χ3n) is 3.11. The summed E-state index contributed by atoms with van der Waals surface area (Å²) in [5.74, 6) is 6.57. The topological polar surface area (TPSA) is 84.4 Å². The van der Waals surface area contributed by atoms with E-state index in [1.165, 1.54) is 6.07 Å². The number of nitrogens with zero attached hydrogens (tertiary/aromatic N) is 2. The summed E-state index contributed by atoms with van der Waals surface area (Å²) >= 11 is 0. The first-order chi connectivity index (χ1) is 9.85. The summed E-state index contributed by atoms with van der Waals surface area (Å²) < 4.78 is 0. The third-order valence-corrected chi connectivity index (χ3v) is 3.11. The van der Waals surface area contributed by atoms with Crippen molar-refractivity contribution in [1.29, 1.82) is 0 Å². The van der Waals surface area contributed by atoms with Gasteiger partial charge in [-0.05, 0) is 17.4 Å². The maximum absolute atomic E-state index is 11.1. The van der Waals surface area contributed by atoms with Crippen LogP contribution in [0.5, 0.6) is 0 Å². The molecule has 0 amide bonds. The van der Waals surface area contributed by atoms with Gasteiger partial charge in [-0.2, -0.15) is 0 Å². The van der Waals surface area contributed by atoms with Gasteiger partial charge in [-0.25, -0.2) is 0 Å². The van der Waals surface area contributed by atoms with Crippen LogP contribution < -0.4 is 11.3 Å². The summed E-state index contributed by atoms with van der Waals surface area (Å²) in [6.07, 6.45) is 0. The smallest absolute Gasteiger partial charge is 0.293 e. The van der Waals surface area contributed by atoms with Gasteiger partial charge in [0.1, 0.15) is 5.69 Å². The Bertz CT molecular complexity index is 465. The number of hydrogen-bond donors (Lipinski definition) is 2. The molecule has 6 heteroatoms. The van der Waals surface area contributed by atoms with Crippen molar-refractivity contribution in [2.75, 3.05) is 18.5 Å². The number of rotatable bonds is 8. The third kappa shape index (κ3) is 5.32. The van der Waals surface area contributed by atoms with Crippen LogP contribution in [0.1, 0.15) is 33.3 Å². The number of benzene rings is 1. The monoisotopic (exact) mass is 294 g/mol. The van der Waals surface area contributed by atoms with Gasteiger partial charge in [0.25, 0.3) is 5.69 Å². The lowest BCUT2D eigenvalue weighted by molar-refractivity contribution is -0.384. The zero-order chi connectivity index (χ0) is 16.0. The quantitative estimate of drug-likeness (QED) is 0.437. The number of nitro benzene ring substituents is 1. The average molecular weight is 294 g/mol. The molecule has 0 saturated heterocycles. The Hall–Kier alpha value is -1.66. The maximum atomic E-state index is 11.1. The normalized spacial score (nSPS) is 11.4. The second-order valence-electron chi connectivity index (χ2n) is 6.19. The van der Waals surface area contributed by atoms with Crippen LogP contribution in [0.3, 0.4) is 0 Å². The fourth-order valence-corrected chi connectivity index (χ4v) is 2.51. The minimum Gasteiger partial charge on any atom is -0.318 e. The summed E-state index contributed by atoms with van der Waals surface area (Å²) in [6.45, 7) is 11.2. The van der Waals surface area contributed by atoms with Crippen molar-refractivity contribution in [1.82, 2.24) is 4.90 Å². The van der Waals surface area contributed by atoms with Crippen molar-refractivity contribution in [2.24, 2.45) is 17.7 Å².